The van der Waals surface area contributed by atoms with Gasteiger partial charge in [-0.2, -0.15) is 10.4 Å². The zero-order chi connectivity index (χ0) is 22.9. The maximum atomic E-state index is 11.8. The van der Waals surface area contributed by atoms with Crippen molar-refractivity contribution in [2.45, 2.75) is 0 Å². The molecule has 3 aromatic rings. The number of carbonyl (C=O) groups is 1. The molecule has 0 fully saturated rings. The van der Waals surface area contributed by atoms with Crippen LogP contribution in [0.25, 0.3) is 0 Å². The summed E-state index contributed by atoms with van der Waals surface area (Å²) in [5.41, 5.74) is 2.79. The lowest BCUT2D eigenvalue weighted by Gasteiger charge is -2.08. The van der Waals surface area contributed by atoms with Crippen molar-refractivity contribution in [3.8, 4) is 23.3 Å². The topological polar surface area (TPSA) is 127 Å². The van der Waals surface area contributed by atoms with Crippen LogP contribution in [-0.2, 0) is 4.79 Å². The van der Waals surface area contributed by atoms with Gasteiger partial charge in [-0.1, -0.05) is 23.7 Å². The first-order valence-electron chi connectivity index (χ1n) is 9.11. The third-order valence-corrected chi connectivity index (χ3v) is 4.22. The first-order valence-corrected chi connectivity index (χ1v) is 9.49. The Morgan fingerprint density at radius 1 is 1.16 bits per heavy atom. The number of nitriles is 1. The molecule has 0 radical (unpaired) electrons. The summed E-state index contributed by atoms with van der Waals surface area (Å²) in [6, 6.07) is 18.9. The average molecular weight is 451 g/mol. The van der Waals surface area contributed by atoms with Crippen LogP contribution in [0.3, 0.4) is 0 Å². The molecule has 1 amide bonds. The molecule has 3 aromatic carbocycles. The van der Waals surface area contributed by atoms with E-state index in [4.69, 9.17) is 21.1 Å². The normalized spacial score (nSPS) is 10.4. The molecule has 32 heavy (non-hydrogen) atoms. The highest BCUT2D eigenvalue weighted by molar-refractivity contribution is 6.30. The SMILES string of the molecule is N#Cc1cc([N+](=O)[O-])ccc1Oc1cccc(/C=N\NC(=O)COc2ccc(Cl)cc2)c1. The Kier molecular flexibility index (Phi) is 7.35. The minimum atomic E-state index is -0.587. The van der Waals surface area contributed by atoms with E-state index in [1.807, 2.05) is 6.07 Å². The number of rotatable bonds is 8. The molecule has 0 heterocycles. The highest BCUT2D eigenvalue weighted by atomic mass is 35.5. The summed E-state index contributed by atoms with van der Waals surface area (Å²) in [6.07, 6.45) is 1.41. The molecule has 9 nitrogen and oxygen atoms in total. The number of nitro groups is 1. The average Bonchev–Trinajstić information content (AvgIpc) is 2.79. The van der Waals surface area contributed by atoms with Gasteiger partial charge >= 0.3 is 0 Å². The number of non-ortho nitro benzene ring substituents is 1. The molecule has 0 unspecified atom stereocenters. The molecule has 0 aliphatic rings. The number of nitrogens with one attached hydrogen (secondary N) is 1. The van der Waals surface area contributed by atoms with Gasteiger partial charge in [-0.3, -0.25) is 14.9 Å². The Bertz CT molecular complexity index is 1210. The van der Waals surface area contributed by atoms with E-state index in [-0.39, 0.29) is 23.6 Å². The Morgan fingerprint density at radius 3 is 2.66 bits per heavy atom. The fraction of sp³-hybridized carbons (Fsp3) is 0.0455. The van der Waals surface area contributed by atoms with Gasteiger partial charge in [0.05, 0.1) is 11.1 Å². The molecule has 3 rings (SSSR count). The van der Waals surface area contributed by atoms with Crippen molar-refractivity contribution in [1.29, 1.82) is 5.26 Å². The predicted molar refractivity (Wildman–Crippen MR) is 117 cm³/mol. The highest BCUT2D eigenvalue weighted by Gasteiger charge is 2.12. The van der Waals surface area contributed by atoms with E-state index < -0.39 is 10.8 Å². The summed E-state index contributed by atoms with van der Waals surface area (Å²) < 4.78 is 11.0. The lowest BCUT2D eigenvalue weighted by molar-refractivity contribution is -0.384. The summed E-state index contributed by atoms with van der Waals surface area (Å²) in [5.74, 6) is 0.617. The maximum Gasteiger partial charge on any atom is 0.277 e. The zero-order valence-corrected chi connectivity index (χ0v) is 17.2. The number of halogens is 1. The Balaban J connectivity index is 1.58. The minimum Gasteiger partial charge on any atom is -0.484 e. The molecular weight excluding hydrogens is 436 g/mol. The molecule has 1 N–H and O–H groups in total. The van der Waals surface area contributed by atoms with Crippen molar-refractivity contribution in [2.75, 3.05) is 6.61 Å². The molecule has 160 valence electrons. The first-order chi connectivity index (χ1) is 15.4. The van der Waals surface area contributed by atoms with E-state index in [1.54, 1.807) is 48.5 Å². The minimum absolute atomic E-state index is 0.0335. The molecular formula is C22H15ClN4O5. The third kappa shape index (κ3) is 6.29. The van der Waals surface area contributed by atoms with Crippen LogP contribution in [0.2, 0.25) is 5.02 Å². The van der Waals surface area contributed by atoms with Gasteiger partial charge in [-0.25, -0.2) is 5.43 Å². The molecule has 0 bridgehead atoms. The lowest BCUT2D eigenvalue weighted by Crippen LogP contribution is -2.24. The number of ether oxygens (including phenoxy) is 2. The van der Waals surface area contributed by atoms with Crippen LogP contribution in [0.4, 0.5) is 5.69 Å². The molecule has 0 spiro atoms. The van der Waals surface area contributed by atoms with E-state index in [0.717, 1.165) is 6.07 Å². The summed E-state index contributed by atoms with van der Waals surface area (Å²) in [7, 11) is 0. The van der Waals surface area contributed by atoms with Gasteiger partial charge in [0.1, 0.15) is 28.9 Å². The molecule has 0 aromatic heterocycles. The van der Waals surface area contributed by atoms with Gasteiger partial charge in [-0.15, -0.1) is 0 Å². The van der Waals surface area contributed by atoms with Gasteiger partial charge in [-0.05, 0) is 48.0 Å². The fourth-order valence-corrected chi connectivity index (χ4v) is 2.61. The lowest BCUT2D eigenvalue weighted by atomic mass is 10.2. The predicted octanol–water partition coefficient (Wildman–Crippen LogP) is 4.44. The van der Waals surface area contributed by atoms with E-state index in [9.17, 15) is 20.2 Å². The van der Waals surface area contributed by atoms with Crippen LogP contribution in [0.1, 0.15) is 11.1 Å². The van der Waals surface area contributed by atoms with E-state index in [0.29, 0.717) is 22.1 Å². The molecule has 10 heteroatoms. The number of nitro benzene ring substituents is 1. The molecule has 0 atom stereocenters. The number of hydrogen-bond donors (Lipinski definition) is 1. The largest absolute Gasteiger partial charge is 0.484 e. The molecule has 0 saturated heterocycles. The van der Waals surface area contributed by atoms with Crippen LogP contribution in [0.15, 0.2) is 71.8 Å². The van der Waals surface area contributed by atoms with Gasteiger partial charge < -0.3 is 9.47 Å². The van der Waals surface area contributed by atoms with Gasteiger partial charge in [0.25, 0.3) is 11.6 Å². The zero-order valence-electron chi connectivity index (χ0n) is 16.4. The Morgan fingerprint density at radius 2 is 1.94 bits per heavy atom. The number of amides is 1. The van der Waals surface area contributed by atoms with E-state index >= 15 is 0 Å². The fourth-order valence-electron chi connectivity index (χ4n) is 2.48. The van der Waals surface area contributed by atoms with Crippen molar-refractivity contribution in [2.24, 2.45) is 5.10 Å². The van der Waals surface area contributed by atoms with Crippen molar-refractivity contribution < 1.29 is 19.2 Å². The van der Waals surface area contributed by atoms with Gasteiger partial charge in [0.2, 0.25) is 0 Å². The molecule has 0 aliphatic carbocycles. The van der Waals surface area contributed by atoms with E-state index in [2.05, 4.69) is 10.5 Å². The van der Waals surface area contributed by atoms with Crippen LogP contribution in [-0.4, -0.2) is 23.7 Å². The molecule has 0 aliphatic heterocycles. The molecule has 0 saturated carbocycles. The first kappa shape index (κ1) is 22.3. The smallest absolute Gasteiger partial charge is 0.277 e. The monoisotopic (exact) mass is 450 g/mol. The van der Waals surface area contributed by atoms with Crippen LogP contribution in [0, 0.1) is 21.4 Å². The number of benzene rings is 3. The van der Waals surface area contributed by atoms with Crippen molar-refractivity contribution >= 4 is 29.4 Å². The van der Waals surface area contributed by atoms with Crippen LogP contribution in [0.5, 0.6) is 17.2 Å². The Labute approximate surface area is 187 Å². The number of nitrogens with zero attached hydrogens (tertiary/aromatic N) is 3. The van der Waals surface area contributed by atoms with Crippen molar-refractivity contribution in [3.63, 3.8) is 0 Å². The van der Waals surface area contributed by atoms with E-state index in [1.165, 1.54) is 18.3 Å². The standard InChI is InChI=1S/C22H15ClN4O5/c23-17-4-7-19(8-5-17)31-14-22(28)26-25-13-15-2-1-3-20(10-15)32-21-9-6-18(27(29)30)11-16(21)12-24/h1-11,13H,14H2,(H,26,28)/b25-13-. The van der Waals surface area contributed by atoms with Crippen LogP contribution < -0.4 is 14.9 Å². The summed E-state index contributed by atoms with van der Waals surface area (Å²) >= 11 is 5.79. The summed E-state index contributed by atoms with van der Waals surface area (Å²) in [4.78, 5) is 22.1. The maximum absolute atomic E-state index is 11.8. The second-order valence-electron chi connectivity index (χ2n) is 6.26. The highest BCUT2D eigenvalue weighted by Crippen LogP contribution is 2.28. The second-order valence-corrected chi connectivity index (χ2v) is 6.70. The van der Waals surface area contributed by atoms with Gasteiger partial charge in [0, 0.05) is 17.2 Å². The Hall–Kier alpha value is -4.42. The second kappa shape index (κ2) is 10.6. The van der Waals surface area contributed by atoms with Crippen molar-refractivity contribution in [3.05, 3.63) is 93.0 Å². The van der Waals surface area contributed by atoms with Gasteiger partial charge in [0.15, 0.2) is 6.61 Å². The number of hydrazone groups is 1. The quantitative estimate of drug-likeness (QED) is 0.307. The number of hydrogen-bond acceptors (Lipinski definition) is 7. The van der Waals surface area contributed by atoms with Crippen molar-refractivity contribution in [1.82, 2.24) is 5.43 Å². The third-order valence-electron chi connectivity index (χ3n) is 3.97. The summed E-state index contributed by atoms with van der Waals surface area (Å²) in [6.45, 7) is -0.223. The number of carbonyl (C=O) groups excluding carboxylic acids is 1. The summed E-state index contributed by atoms with van der Waals surface area (Å²) in [5, 5.41) is 24.5. The van der Waals surface area contributed by atoms with Crippen LogP contribution >= 0.6 is 11.6 Å².